The molecule has 0 saturated heterocycles. The Balaban J connectivity index is 1.62. The van der Waals surface area contributed by atoms with Crippen molar-refractivity contribution in [2.75, 3.05) is 5.32 Å². The second-order valence-corrected chi connectivity index (χ2v) is 6.50. The van der Waals surface area contributed by atoms with Crippen LogP contribution in [0, 0.1) is 11.6 Å². The molecule has 1 unspecified atom stereocenters. The van der Waals surface area contributed by atoms with Crippen molar-refractivity contribution >= 4 is 17.6 Å². The molecule has 0 fully saturated rings. The van der Waals surface area contributed by atoms with Crippen molar-refractivity contribution in [3.63, 3.8) is 0 Å². The van der Waals surface area contributed by atoms with Crippen LogP contribution in [0.3, 0.4) is 0 Å². The monoisotopic (exact) mass is 402 g/mol. The molecular formula is C20H20F2N4O3. The number of hydrogen-bond acceptors (Lipinski definition) is 4. The third-order valence-electron chi connectivity index (χ3n) is 4.13. The van der Waals surface area contributed by atoms with E-state index in [1.165, 1.54) is 6.26 Å². The van der Waals surface area contributed by atoms with Gasteiger partial charge in [-0.1, -0.05) is 13.3 Å². The van der Waals surface area contributed by atoms with E-state index in [2.05, 4.69) is 20.8 Å². The molecule has 7 nitrogen and oxygen atoms in total. The van der Waals surface area contributed by atoms with Crippen molar-refractivity contribution < 1.29 is 22.8 Å². The van der Waals surface area contributed by atoms with Crippen molar-refractivity contribution in [1.82, 2.24) is 15.5 Å². The van der Waals surface area contributed by atoms with Gasteiger partial charge in [-0.25, -0.2) is 8.78 Å². The van der Waals surface area contributed by atoms with Crippen LogP contribution in [0.1, 0.15) is 25.3 Å². The molecular weight excluding hydrogens is 382 g/mol. The highest BCUT2D eigenvalue weighted by Gasteiger charge is 2.21. The molecule has 1 aromatic carbocycles. The summed E-state index contributed by atoms with van der Waals surface area (Å²) in [6, 6.07) is 7.16. The van der Waals surface area contributed by atoms with Gasteiger partial charge in [0.25, 0.3) is 0 Å². The average molecular weight is 402 g/mol. The molecule has 2 amide bonds. The van der Waals surface area contributed by atoms with Gasteiger partial charge >= 0.3 is 0 Å². The maximum absolute atomic E-state index is 13.3. The Hall–Kier alpha value is -3.49. The lowest BCUT2D eigenvalue weighted by atomic mass is 10.1. The van der Waals surface area contributed by atoms with Crippen molar-refractivity contribution in [3.8, 4) is 11.5 Å². The van der Waals surface area contributed by atoms with Crippen LogP contribution in [0.2, 0.25) is 0 Å². The molecule has 0 aliphatic carbocycles. The number of aromatic nitrogens is 2. The zero-order chi connectivity index (χ0) is 20.8. The lowest BCUT2D eigenvalue weighted by Crippen LogP contribution is -2.44. The Morgan fingerprint density at radius 1 is 1.21 bits per heavy atom. The molecule has 3 aromatic rings. The van der Waals surface area contributed by atoms with Crippen LogP contribution in [-0.2, 0) is 16.0 Å². The van der Waals surface area contributed by atoms with E-state index in [-0.39, 0.29) is 17.8 Å². The highest BCUT2D eigenvalue weighted by molar-refractivity contribution is 5.97. The van der Waals surface area contributed by atoms with E-state index in [9.17, 15) is 18.4 Å². The topological polar surface area (TPSA) is 100 Å². The number of amides is 2. The molecule has 1 atom stereocenters. The number of furan rings is 1. The first-order valence-electron chi connectivity index (χ1n) is 9.09. The fraction of sp³-hybridized carbons (Fsp3) is 0.250. The van der Waals surface area contributed by atoms with E-state index in [1.807, 2.05) is 6.92 Å². The number of carbonyl (C=O) groups excluding carboxylic acids is 2. The minimum absolute atomic E-state index is 0.186. The van der Waals surface area contributed by atoms with E-state index in [0.29, 0.717) is 24.3 Å². The zero-order valence-corrected chi connectivity index (χ0v) is 15.7. The largest absolute Gasteiger partial charge is 0.463 e. The maximum Gasteiger partial charge on any atom is 0.248 e. The van der Waals surface area contributed by atoms with Gasteiger partial charge in [-0.3, -0.25) is 14.7 Å². The Morgan fingerprint density at radius 3 is 2.62 bits per heavy atom. The third-order valence-corrected chi connectivity index (χ3v) is 4.13. The van der Waals surface area contributed by atoms with E-state index >= 15 is 0 Å². The zero-order valence-electron chi connectivity index (χ0n) is 15.7. The van der Waals surface area contributed by atoms with Crippen molar-refractivity contribution in [2.24, 2.45) is 0 Å². The van der Waals surface area contributed by atoms with E-state index < -0.39 is 29.5 Å². The van der Waals surface area contributed by atoms with Gasteiger partial charge in [0.2, 0.25) is 11.8 Å². The summed E-state index contributed by atoms with van der Waals surface area (Å²) in [5, 5.41) is 12.0. The van der Waals surface area contributed by atoms with Crippen LogP contribution in [0.25, 0.3) is 11.5 Å². The number of anilines is 1. The molecule has 2 heterocycles. The summed E-state index contributed by atoms with van der Waals surface area (Å²) in [5.74, 6) is -1.63. The molecule has 2 aromatic heterocycles. The van der Waals surface area contributed by atoms with Gasteiger partial charge in [-0.2, -0.15) is 5.10 Å². The summed E-state index contributed by atoms with van der Waals surface area (Å²) in [7, 11) is 0. The molecule has 0 aliphatic rings. The normalized spacial score (nSPS) is 11.8. The summed E-state index contributed by atoms with van der Waals surface area (Å²) in [4.78, 5) is 24.8. The van der Waals surface area contributed by atoms with Gasteiger partial charge in [-0.05, 0) is 36.2 Å². The number of nitrogens with zero attached hydrogens (tertiary/aromatic N) is 1. The fourth-order valence-electron chi connectivity index (χ4n) is 2.86. The first kappa shape index (κ1) is 20.2. The molecule has 3 rings (SSSR count). The number of nitrogens with one attached hydrogen (secondary N) is 3. The van der Waals surface area contributed by atoms with Crippen LogP contribution in [-0.4, -0.2) is 28.1 Å². The second kappa shape index (κ2) is 9.13. The predicted octanol–water partition coefficient (Wildman–Crippen LogP) is 3.41. The fourth-order valence-corrected chi connectivity index (χ4v) is 2.86. The van der Waals surface area contributed by atoms with Gasteiger partial charge < -0.3 is 15.1 Å². The molecule has 3 N–H and O–H groups in total. The second-order valence-electron chi connectivity index (χ2n) is 6.50. The van der Waals surface area contributed by atoms with Gasteiger partial charge in [0, 0.05) is 12.1 Å². The molecule has 0 saturated carbocycles. The molecule has 29 heavy (non-hydrogen) atoms. The number of aromatic amines is 1. The molecule has 0 radical (unpaired) electrons. The summed E-state index contributed by atoms with van der Waals surface area (Å²) < 4.78 is 31.8. The molecule has 0 bridgehead atoms. The Kier molecular flexibility index (Phi) is 6.38. The van der Waals surface area contributed by atoms with Gasteiger partial charge in [0.1, 0.15) is 23.4 Å². The van der Waals surface area contributed by atoms with Crippen molar-refractivity contribution in [1.29, 1.82) is 0 Å². The SMILES string of the molecule is CCCC(NC(=O)Cc1cc(F)cc(F)c1)C(=O)Nc1cc(-c2ccco2)[nH]n1. The number of hydrogen-bond donors (Lipinski definition) is 3. The van der Waals surface area contributed by atoms with Crippen LogP contribution >= 0.6 is 0 Å². The summed E-state index contributed by atoms with van der Waals surface area (Å²) in [5.41, 5.74) is 0.778. The number of halogens is 2. The molecule has 9 heteroatoms. The number of rotatable bonds is 8. The minimum Gasteiger partial charge on any atom is -0.463 e. The average Bonchev–Trinajstić information content (AvgIpc) is 3.31. The summed E-state index contributed by atoms with van der Waals surface area (Å²) >= 11 is 0. The predicted molar refractivity (Wildman–Crippen MR) is 102 cm³/mol. The van der Waals surface area contributed by atoms with Gasteiger partial charge in [0.15, 0.2) is 11.6 Å². The number of carbonyl (C=O) groups is 2. The highest BCUT2D eigenvalue weighted by atomic mass is 19.1. The molecule has 0 aliphatic heterocycles. The number of H-pyrrole nitrogens is 1. The smallest absolute Gasteiger partial charge is 0.248 e. The Bertz CT molecular complexity index is 965. The third kappa shape index (κ3) is 5.50. The summed E-state index contributed by atoms with van der Waals surface area (Å²) in [6.45, 7) is 1.87. The van der Waals surface area contributed by atoms with Crippen molar-refractivity contribution in [3.05, 3.63) is 59.9 Å². The lowest BCUT2D eigenvalue weighted by molar-refractivity contribution is -0.126. The lowest BCUT2D eigenvalue weighted by Gasteiger charge is -2.17. The minimum atomic E-state index is -0.810. The molecule has 152 valence electrons. The van der Waals surface area contributed by atoms with E-state index in [4.69, 9.17) is 4.42 Å². The highest BCUT2D eigenvalue weighted by Crippen LogP contribution is 2.20. The first-order chi connectivity index (χ1) is 13.9. The van der Waals surface area contributed by atoms with Gasteiger partial charge in [-0.15, -0.1) is 0 Å². The van der Waals surface area contributed by atoms with Crippen LogP contribution in [0.5, 0.6) is 0 Å². The van der Waals surface area contributed by atoms with Crippen molar-refractivity contribution in [2.45, 2.75) is 32.2 Å². The number of benzene rings is 1. The standard InChI is InChI=1S/C20H20F2N4O3/c1-2-4-15(23-19(27)9-12-7-13(21)10-14(22)8-12)20(28)24-18-11-16(25-26-18)17-5-3-6-29-17/h3,5-8,10-11,15H,2,4,9H2,1H3,(H,23,27)(H2,24,25,26,28). The van der Waals surface area contributed by atoms with E-state index in [0.717, 1.165) is 18.2 Å². The summed E-state index contributed by atoms with van der Waals surface area (Å²) in [6.07, 6.45) is 2.31. The van der Waals surface area contributed by atoms with E-state index in [1.54, 1.807) is 18.2 Å². The van der Waals surface area contributed by atoms with Crippen LogP contribution in [0.4, 0.5) is 14.6 Å². The Morgan fingerprint density at radius 2 is 1.97 bits per heavy atom. The van der Waals surface area contributed by atoms with Crippen LogP contribution in [0.15, 0.2) is 47.1 Å². The van der Waals surface area contributed by atoms with Gasteiger partial charge in [0.05, 0.1) is 12.7 Å². The maximum atomic E-state index is 13.3. The van der Waals surface area contributed by atoms with Crippen LogP contribution < -0.4 is 10.6 Å². The quantitative estimate of drug-likeness (QED) is 0.538. The first-order valence-corrected chi connectivity index (χ1v) is 9.09. The molecule has 0 spiro atoms. The Labute approximate surface area is 165 Å².